The highest BCUT2D eigenvalue weighted by molar-refractivity contribution is 5.96. The number of amides is 3. The second kappa shape index (κ2) is 13.5. The molecule has 1 saturated heterocycles. The van der Waals surface area contributed by atoms with Crippen molar-refractivity contribution in [1.82, 2.24) is 24.9 Å². The molecule has 1 aromatic heterocycles. The Morgan fingerprint density at radius 2 is 1.65 bits per heavy atom. The van der Waals surface area contributed by atoms with Gasteiger partial charge in [-0.05, 0) is 53.4 Å². The summed E-state index contributed by atoms with van der Waals surface area (Å²) in [6.45, 7) is 8.50. The van der Waals surface area contributed by atoms with Crippen LogP contribution in [-0.2, 0) is 23.9 Å². The van der Waals surface area contributed by atoms with Gasteiger partial charge >= 0.3 is 18.0 Å². The number of carbonyl (C=O) groups is 5. The maximum Gasteiger partial charge on any atom is 0.409 e. The number of ether oxygens (including phenoxy) is 3. The molecule has 2 heterocycles. The van der Waals surface area contributed by atoms with Gasteiger partial charge < -0.3 is 34.4 Å². The Morgan fingerprint density at radius 3 is 2.17 bits per heavy atom. The average molecular weight is 566 g/mol. The summed E-state index contributed by atoms with van der Waals surface area (Å²) >= 11 is 0. The van der Waals surface area contributed by atoms with E-state index in [2.05, 4.69) is 10.4 Å². The number of nitrogens with zero attached hydrogens (tertiary/aromatic N) is 4. The number of carbonyl (C=O) groups excluding carboxylic acids is 4. The lowest BCUT2D eigenvalue weighted by atomic mass is 9.80. The molecule has 0 bridgehead atoms. The third-order valence-corrected chi connectivity index (χ3v) is 6.90. The Morgan fingerprint density at radius 1 is 1.02 bits per heavy atom. The quantitative estimate of drug-likeness (QED) is 0.355. The van der Waals surface area contributed by atoms with Crippen molar-refractivity contribution in [2.24, 2.45) is 0 Å². The minimum Gasteiger partial charge on any atom is -0.481 e. The monoisotopic (exact) mass is 565 g/mol. The highest BCUT2D eigenvalue weighted by Crippen LogP contribution is 2.38. The van der Waals surface area contributed by atoms with E-state index in [9.17, 15) is 29.1 Å². The minimum atomic E-state index is -1.14. The third kappa shape index (κ3) is 7.21. The molecule has 2 aliphatic rings. The van der Waals surface area contributed by atoms with Crippen LogP contribution in [0.2, 0.25) is 0 Å². The van der Waals surface area contributed by atoms with Gasteiger partial charge in [0.1, 0.15) is 6.04 Å². The first-order valence-corrected chi connectivity index (χ1v) is 13.7. The minimum absolute atomic E-state index is 0.0395. The average Bonchev–Trinajstić information content (AvgIpc) is 3.32. The van der Waals surface area contributed by atoms with Gasteiger partial charge in [0.25, 0.3) is 5.91 Å². The van der Waals surface area contributed by atoms with Crippen molar-refractivity contribution < 1.29 is 43.3 Å². The van der Waals surface area contributed by atoms with Gasteiger partial charge in [-0.15, -0.1) is 0 Å². The standard InChI is InChI=1S/C26H39N5O9/c1-5-38-24(36)26(10-7-11-26)40-20-16-19(28-31(20)17(3)4)22(34)27-18(8-9-21(32)33)23(35)29-12-14-30(15-13-29)25(37)39-6-2/h16-18H,5-15H2,1-4H3,(H,27,34)(H,32,33)/t18-/m0/s1. The van der Waals surface area contributed by atoms with E-state index in [1.165, 1.54) is 20.5 Å². The maximum atomic E-state index is 13.3. The topological polar surface area (TPSA) is 170 Å². The summed E-state index contributed by atoms with van der Waals surface area (Å²) in [6, 6.07) is 0.0747. The van der Waals surface area contributed by atoms with Crippen LogP contribution in [0.25, 0.3) is 0 Å². The molecule has 40 heavy (non-hydrogen) atoms. The van der Waals surface area contributed by atoms with Crippen molar-refractivity contribution >= 4 is 29.8 Å². The van der Waals surface area contributed by atoms with E-state index in [-0.39, 0.29) is 69.9 Å². The second-order valence-electron chi connectivity index (χ2n) is 10.0. The van der Waals surface area contributed by atoms with Crippen LogP contribution in [0.3, 0.4) is 0 Å². The fourth-order valence-electron chi connectivity index (χ4n) is 4.54. The highest BCUT2D eigenvalue weighted by Gasteiger charge is 2.49. The summed E-state index contributed by atoms with van der Waals surface area (Å²) in [4.78, 5) is 65.4. The summed E-state index contributed by atoms with van der Waals surface area (Å²) in [7, 11) is 0. The molecule has 0 radical (unpaired) electrons. The second-order valence-corrected chi connectivity index (χ2v) is 10.0. The molecule has 0 spiro atoms. The van der Waals surface area contributed by atoms with Gasteiger partial charge in [0.2, 0.25) is 17.4 Å². The van der Waals surface area contributed by atoms with Crippen LogP contribution >= 0.6 is 0 Å². The molecule has 1 aromatic rings. The molecule has 1 atom stereocenters. The molecule has 1 aliphatic carbocycles. The van der Waals surface area contributed by atoms with Gasteiger partial charge in [-0.1, -0.05) is 0 Å². The normalized spacial score (nSPS) is 17.0. The van der Waals surface area contributed by atoms with Crippen molar-refractivity contribution in [3.05, 3.63) is 11.8 Å². The number of esters is 1. The van der Waals surface area contributed by atoms with Gasteiger partial charge in [0.15, 0.2) is 5.69 Å². The first kappa shape index (κ1) is 30.7. The van der Waals surface area contributed by atoms with Crippen molar-refractivity contribution in [2.45, 2.75) is 77.5 Å². The van der Waals surface area contributed by atoms with Crippen LogP contribution in [0.4, 0.5) is 4.79 Å². The van der Waals surface area contributed by atoms with E-state index < -0.39 is 41.5 Å². The summed E-state index contributed by atoms with van der Waals surface area (Å²) < 4.78 is 17.8. The van der Waals surface area contributed by atoms with E-state index in [1.54, 1.807) is 13.8 Å². The van der Waals surface area contributed by atoms with E-state index in [4.69, 9.17) is 14.2 Å². The molecule has 1 saturated carbocycles. The number of hydrogen-bond donors (Lipinski definition) is 2. The SMILES string of the molecule is CCOC(=O)N1CCN(C(=O)[C@H](CCC(=O)O)NC(=O)c2cc(OC3(C(=O)OCC)CCC3)n(C(C)C)n2)CC1. The van der Waals surface area contributed by atoms with E-state index in [0.29, 0.717) is 12.8 Å². The van der Waals surface area contributed by atoms with Gasteiger partial charge in [-0.3, -0.25) is 14.4 Å². The van der Waals surface area contributed by atoms with Gasteiger partial charge in [-0.2, -0.15) is 5.10 Å². The lowest BCUT2D eigenvalue weighted by molar-refractivity contribution is -0.170. The Kier molecular flexibility index (Phi) is 10.3. The van der Waals surface area contributed by atoms with Crippen LogP contribution in [0, 0.1) is 0 Å². The molecular weight excluding hydrogens is 526 g/mol. The van der Waals surface area contributed by atoms with Crippen molar-refractivity contribution in [3.63, 3.8) is 0 Å². The summed E-state index contributed by atoms with van der Waals surface area (Å²) in [5.41, 5.74) is -1.18. The number of hydrogen-bond acceptors (Lipinski definition) is 9. The van der Waals surface area contributed by atoms with Gasteiger partial charge in [-0.25, -0.2) is 14.3 Å². The predicted molar refractivity (Wildman–Crippen MR) is 140 cm³/mol. The van der Waals surface area contributed by atoms with Crippen molar-refractivity contribution in [2.75, 3.05) is 39.4 Å². The number of carboxylic acid groups (broad SMARTS) is 1. The molecule has 0 unspecified atom stereocenters. The zero-order valence-corrected chi connectivity index (χ0v) is 23.5. The summed E-state index contributed by atoms with van der Waals surface area (Å²) in [5.74, 6) is -2.49. The first-order valence-electron chi connectivity index (χ1n) is 13.7. The smallest absolute Gasteiger partial charge is 0.409 e. The van der Waals surface area contributed by atoms with Crippen molar-refractivity contribution in [3.8, 4) is 5.88 Å². The van der Waals surface area contributed by atoms with E-state index >= 15 is 0 Å². The van der Waals surface area contributed by atoms with Gasteiger partial charge in [0, 0.05) is 38.7 Å². The predicted octanol–water partition coefficient (Wildman–Crippen LogP) is 1.59. The Balaban J connectivity index is 1.74. The lowest BCUT2D eigenvalue weighted by Crippen LogP contribution is -2.56. The lowest BCUT2D eigenvalue weighted by Gasteiger charge is -2.38. The molecule has 14 nitrogen and oxygen atoms in total. The van der Waals surface area contributed by atoms with Gasteiger partial charge in [0.05, 0.1) is 19.3 Å². The third-order valence-electron chi connectivity index (χ3n) is 6.90. The summed E-state index contributed by atoms with van der Waals surface area (Å²) in [5, 5.41) is 16.2. The fourth-order valence-corrected chi connectivity index (χ4v) is 4.54. The van der Waals surface area contributed by atoms with E-state index in [0.717, 1.165) is 6.42 Å². The number of aromatic nitrogens is 2. The number of rotatable bonds is 12. The molecule has 3 rings (SSSR count). The number of carboxylic acids is 1. The first-order chi connectivity index (χ1) is 19.0. The largest absolute Gasteiger partial charge is 0.481 e. The van der Waals surface area contributed by atoms with Crippen LogP contribution in [0.5, 0.6) is 5.88 Å². The molecule has 2 fully saturated rings. The zero-order chi connectivity index (χ0) is 29.4. The zero-order valence-electron chi connectivity index (χ0n) is 23.5. The van der Waals surface area contributed by atoms with Crippen LogP contribution in [0.1, 0.15) is 76.3 Å². The number of nitrogens with one attached hydrogen (secondary N) is 1. The van der Waals surface area contributed by atoms with Crippen molar-refractivity contribution in [1.29, 1.82) is 0 Å². The fraction of sp³-hybridized carbons (Fsp3) is 0.692. The number of aliphatic carboxylic acids is 1. The Hall–Kier alpha value is -3.84. The Labute approximate surface area is 232 Å². The maximum absolute atomic E-state index is 13.3. The van der Waals surface area contributed by atoms with Crippen LogP contribution in [-0.4, -0.2) is 106 Å². The molecule has 0 aromatic carbocycles. The van der Waals surface area contributed by atoms with Crippen LogP contribution < -0.4 is 10.1 Å². The number of piperazine rings is 1. The molecule has 222 valence electrons. The molecule has 14 heteroatoms. The van der Waals surface area contributed by atoms with E-state index in [1.807, 2.05) is 13.8 Å². The van der Waals surface area contributed by atoms with Crippen LogP contribution in [0.15, 0.2) is 6.07 Å². The molecule has 3 amide bonds. The molecule has 2 N–H and O–H groups in total. The summed E-state index contributed by atoms with van der Waals surface area (Å²) in [6.07, 6.45) is 0.825. The Bertz CT molecular complexity index is 1090. The molecule has 1 aliphatic heterocycles. The molecular formula is C26H39N5O9. The highest BCUT2D eigenvalue weighted by atomic mass is 16.6.